The lowest BCUT2D eigenvalue weighted by Crippen LogP contribution is -2.69. The van der Waals surface area contributed by atoms with Gasteiger partial charge in [-0.15, -0.1) is 0 Å². The molecule has 0 amide bonds. The van der Waals surface area contributed by atoms with E-state index < -0.39 is 11.3 Å². The molecule has 0 radical (unpaired) electrons. The predicted molar refractivity (Wildman–Crippen MR) is 51.6 cm³/mol. The number of alkyl halides is 2. The van der Waals surface area contributed by atoms with Gasteiger partial charge in [0.2, 0.25) is 0 Å². The fraction of sp³-hybridized carbons (Fsp3) is 1.00. The summed E-state index contributed by atoms with van der Waals surface area (Å²) >= 11 is 0. The van der Waals surface area contributed by atoms with E-state index in [0.717, 1.165) is 13.1 Å². The van der Waals surface area contributed by atoms with Crippen molar-refractivity contribution in [1.82, 2.24) is 9.80 Å². The van der Waals surface area contributed by atoms with E-state index in [1.54, 1.807) is 0 Å². The summed E-state index contributed by atoms with van der Waals surface area (Å²) in [6.07, 6.45) is 0.651. The van der Waals surface area contributed by atoms with Gasteiger partial charge in [-0.25, -0.2) is 8.78 Å². The minimum absolute atomic E-state index is 0.0443. The number of piperidine rings is 1. The molecule has 1 spiro atoms. The third-order valence-corrected chi connectivity index (χ3v) is 3.70. The zero-order valence-electron chi connectivity index (χ0n) is 8.89. The Morgan fingerprint density at radius 3 is 2.29 bits per heavy atom. The van der Waals surface area contributed by atoms with E-state index in [-0.39, 0.29) is 6.54 Å². The Balaban J connectivity index is 2.07. The third-order valence-electron chi connectivity index (χ3n) is 3.70. The van der Waals surface area contributed by atoms with E-state index in [9.17, 15) is 8.78 Å². The zero-order chi connectivity index (χ0) is 10.4. The lowest BCUT2D eigenvalue weighted by molar-refractivity contribution is -0.219. The zero-order valence-corrected chi connectivity index (χ0v) is 8.89. The summed E-state index contributed by atoms with van der Waals surface area (Å²) < 4.78 is 27.7. The SMILES string of the molecule is CCN1CCC2(CN(C)C2)C(F)(F)C1. The van der Waals surface area contributed by atoms with Crippen LogP contribution in [0.3, 0.4) is 0 Å². The van der Waals surface area contributed by atoms with Gasteiger partial charge in [0, 0.05) is 13.1 Å². The van der Waals surface area contributed by atoms with Crippen LogP contribution in [-0.4, -0.2) is 55.5 Å². The first-order chi connectivity index (χ1) is 6.49. The van der Waals surface area contributed by atoms with Crippen molar-refractivity contribution in [3.05, 3.63) is 0 Å². The fourth-order valence-electron chi connectivity index (χ4n) is 2.73. The number of hydrogen-bond donors (Lipinski definition) is 0. The molecule has 82 valence electrons. The van der Waals surface area contributed by atoms with Crippen LogP contribution >= 0.6 is 0 Å². The molecule has 14 heavy (non-hydrogen) atoms. The molecule has 2 aliphatic heterocycles. The Morgan fingerprint density at radius 1 is 1.21 bits per heavy atom. The van der Waals surface area contributed by atoms with Gasteiger partial charge in [0.15, 0.2) is 0 Å². The maximum Gasteiger partial charge on any atom is 0.268 e. The summed E-state index contributed by atoms with van der Waals surface area (Å²) in [6.45, 7) is 4.61. The molecule has 0 N–H and O–H groups in total. The molecule has 2 saturated heterocycles. The Hall–Kier alpha value is -0.220. The van der Waals surface area contributed by atoms with Crippen LogP contribution in [0.25, 0.3) is 0 Å². The normalized spacial score (nSPS) is 31.7. The molecule has 0 aromatic rings. The lowest BCUT2D eigenvalue weighted by Gasteiger charge is -2.56. The summed E-state index contributed by atoms with van der Waals surface area (Å²) in [5, 5.41) is 0. The summed E-state index contributed by atoms with van der Waals surface area (Å²) in [5.74, 6) is -2.49. The second-order valence-electron chi connectivity index (χ2n) is 4.78. The molecule has 2 heterocycles. The monoisotopic (exact) mass is 204 g/mol. The van der Waals surface area contributed by atoms with Crippen molar-refractivity contribution < 1.29 is 8.78 Å². The molecule has 0 aromatic carbocycles. The van der Waals surface area contributed by atoms with Crippen LogP contribution in [0.1, 0.15) is 13.3 Å². The van der Waals surface area contributed by atoms with E-state index in [1.165, 1.54) is 0 Å². The molecule has 2 fully saturated rings. The summed E-state index contributed by atoms with van der Waals surface area (Å²) in [5.41, 5.74) is -0.701. The van der Waals surface area contributed by atoms with Gasteiger partial charge < -0.3 is 4.90 Å². The van der Waals surface area contributed by atoms with Gasteiger partial charge in [-0.2, -0.15) is 0 Å². The Morgan fingerprint density at radius 2 is 1.86 bits per heavy atom. The minimum atomic E-state index is -2.49. The molecular formula is C10H18F2N2. The highest BCUT2D eigenvalue weighted by Gasteiger charge is 2.61. The van der Waals surface area contributed by atoms with Crippen molar-refractivity contribution in [3.8, 4) is 0 Å². The molecule has 0 unspecified atom stereocenters. The van der Waals surface area contributed by atoms with Gasteiger partial charge in [-0.05, 0) is 26.6 Å². The lowest BCUT2D eigenvalue weighted by atomic mass is 9.69. The number of rotatable bonds is 1. The molecule has 4 heteroatoms. The summed E-state index contributed by atoms with van der Waals surface area (Å²) in [6, 6.07) is 0. The molecule has 0 saturated carbocycles. The molecule has 2 nitrogen and oxygen atoms in total. The second kappa shape index (κ2) is 3.14. The van der Waals surface area contributed by atoms with Gasteiger partial charge in [-0.3, -0.25) is 4.90 Å². The van der Waals surface area contributed by atoms with Gasteiger partial charge >= 0.3 is 0 Å². The van der Waals surface area contributed by atoms with Crippen LogP contribution in [0.4, 0.5) is 8.78 Å². The minimum Gasteiger partial charge on any atom is -0.305 e. The standard InChI is InChI=1S/C10H18F2N2/c1-3-14-5-4-9(6-13(2)7-9)10(11,12)8-14/h3-8H2,1-2H3. The fourth-order valence-corrected chi connectivity index (χ4v) is 2.73. The number of hydrogen-bond acceptors (Lipinski definition) is 2. The van der Waals surface area contributed by atoms with Gasteiger partial charge in [0.05, 0.1) is 12.0 Å². The first-order valence-electron chi connectivity index (χ1n) is 5.28. The second-order valence-corrected chi connectivity index (χ2v) is 4.78. The highest BCUT2D eigenvalue weighted by atomic mass is 19.3. The average molecular weight is 204 g/mol. The maximum atomic E-state index is 13.8. The molecule has 0 aliphatic carbocycles. The van der Waals surface area contributed by atoms with E-state index >= 15 is 0 Å². The van der Waals surface area contributed by atoms with E-state index in [0.29, 0.717) is 19.5 Å². The topological polar surface area (TPSA) is 6.48 Å². The van der Waals surface area contributed by atoms with Crippen LogP contribution in [-0.2, 0) is 0 Å². The molecule has 0 aromatic heterocycles. The van der Waals surface area contributed by atoms with Crippen molar-refractivity contribution in [2.24, 2.45) is 5.41 Å². The predicted octanol–water partition coefficient (Wildman–Crippen LogP) is 1.28. The smallest absolute Gasteiger partial charge is 0.268 e. The largest absolute Gasteiger partial charge is 0.305 e. The summed E-state index contributed by atoms with van der Waals surface area (Å²) in [4.78, 5) is 3.83. The third kappa shape index (κ3) is 1.36. The van der Waals surface area contributed by atoms with Crippen molar-refractivity contribution >= 4 is 0 Å². The quantitative estimate of drug-likeness (QED) is 0.635. The van der Waals surface area contributed by atoms with Crippen molar-refractivity contribution in [2.75, 3.05) is 39.8 Å². The number of halogens is 2. The Kier molecular flexibility index (Phi) is 2.31. The van der Waals surface area contributed by atoms with Crippen LogP contribution in [0.2, 0.25) is 0 Å². The first-order valence-corrected chi connectivity index (χ1v) is 5.28. The van der Waals surface area contributed by atoms with Gasteiger partial charge in [0.1, 0.15) is 0 Å². The van der Waals surface area contributed by atoms with E-state index in [1.807, 2.05) is 23.8 Å². The Bertz CT molecular complexity index is 224. The van der Waals surface area contributed by atoms with Gasteiger partial charge in [-0.1, -0.05) is 6.92 Å². The molecule has 0 atom stereocenters. The highest BCUT2D eigenvalue weighted by molar-refractivity contribution is 5.06. The average Bonchev–Trinajstić information content (AvgIpc) is 2.06. The first kappa shape index (κ1) is 10.3. The molecular weight excluding hydrogens is 186 g/mol. The van der Waals surface area contributed by atoms with Crippen LogP contribution < -0.4 is 0 Å². The van der Waals surface area contributed by atoms with Crippen LogP contribution in [0.15, 0.2) is 0 Å². The van der Waals surface area contributed by atoms with E-state index in [4.69, 9.17) is 0 Å². The molecule has 2 rings (SSSR count). The van der Waals surface area contributed by atoms with Crippen molar-refractivity contribution in [3.63, 3.8) is 0 Å². The van der Waals surface area contributed by atoms with Crippen LogP contribution in [0, 0.1) is 5.41 Å². The maximum absolute atomic E-state index is 13.8. The van der Waals surface area contributed by atoms with Gasteiger partial charge in [0.25, 0.3) is 5.92 Å². The highest BCUT2D eigenvalue weighted by Crippen LogP contribution is 2.49. The Labute approximate surface area is 83.9 Å². The molecule has 0 bridgehead atoms. The van der Waals surface area contributed by atoms with E-state index in [2.05, 4.69) is 0 Å². The number of likely N-dealkylation sites (tertiary alicyclic amines) is 2. The number of nitrogens with zero attached hydrogens (tertiary/aromatic N) is 2. The van der Waals surface area contributed by atoms with Crippen LogP contribution in [0.5, 0.6) is 0 Å². The molecule has 2 aliphatic rings. The van der Waals surface area contributed by atoms with Crippen molar-refractivity contribution in [2.45, 2.75) is 19.3 Å². The van der Waals surface area contributed by atoms with Crippen molar-refractivity contribution in [1.29, 1.82) is 0 Å². The summed E-state index contributed by atoms with van der Waals surface area (Å²) in [7, 11) is 1.91.